The van der Waals surface area contributed by atoms with Crippen molar-refractivity contribution in [2.45, 2.75) is 19.9 Å². The number of nitrogens with one attached hydrogen (secondary N) is 1. The number of aryl methyl sites for hydroxylation is 1. The van der Waals surface area contributed by atoms with Gasteiger partial charge in [-0.05, 0) is 67.9 Å². The van der Waals surface area contributed by atoms with Gasteiger partial charge in [0, 0.05) is 33.9 Å². The van der Waals surface area contributed by atoms with Crippen LogP contribution in [-0.4, -0.2) is 35.5 Å². The van der Waals surface area contributed by atoms with Gasteiger partial charge in [-0.2, -0.15) is 0 Å². The monoisotopic (exact) mass is 482 g/mol. The number of fused-ring (bicyclic) bond motifs is 1. The summed E-state index contributed by atoms with van der Waals surface area (Å²) in [5, 5.41) is 12.3. The lowest BCUT2D eigenvalue weighted by atomic mass is 9.93. The van der Waals surface area contributed by atoms with Crippen LogP contribution in [0.3, 0.4) is 0 Å². The van der Waals surface area contributed by atoms with Gasteiger partial charge in [-0.1, -0.05) is 18.2 Å². The maximum absolute atomic E-state index is 13.5. The topological polar surface area (TPSA) is 91.9 Å². The number of aromatic nitrogens is 1. The number of anilines is 1. The smallest absolute Gasteiger partial charge is 0.300 e. The molecule has 1 unspecified atom stereocenters. The Hall–Kier alpha value is -4.52. The molecule has 0 aliphatic carbocycles. The van der Waals surface area contributed by atoms with E-state index in [4.69, 9.17) is 9.47 Å². The van der Waals surface area contributed by atoms with Gasteiger partial charge in [-0.3, -0.25) is 14.5 Å². The molecule has 0 bridgehead atoms. The first-order valence-electron chi connectivity index (χ1n) is 11.7. The molecule has 1 atom stereocenters. The van der Waals surface area contributed by atoms with Crippen LogP contribution in [0.2, 0.25) is 0 Å². The summed E-state index contributed by atoms with van der Waals surface area (Å²) in [6.07, 6.45) is 1.79. The third-order valence-electron chi connectivity index (χ3n) is 6.47. The molecule has 7 nitrogen and oxygen atoms in total. The van der Waals surface area contributed by atoms with Crippen molar-refractivity contribution in [1.82, 2.24) is 4.98 Å². The second-order valence-corrected chi connectivity index (χ2v) is 8.57. The average molecular weight is 483 g/mol. The fourth-order valence-electron chi connectivity index (χ4n) is 4.76. The van der Waals surface area contributed by atoms with Gasteiger partial charge in [0.15, 0.2) is 0 Å². The Morgan fingerprint density at radius 1 is 1.03 bits per heavy atom. The van der Waals surface area contributed by atoms with Crippen LogP contribution in [0.1, 0.15) is 29.7 Å². The van der Waals surface area contributed by atoms with E-state index < -0.39 is 17.7 Å². The van der Waals surface area contributed by atoms with Gasteiger partial charge < -0.3 is 19.6 Å². The highest BCUT2D eigenvalue weighted by atomic mass is 16.5. The van der Waals surface area contributed by atoms with E-state index in [-0.39, 0.29) is 11.3 Å². The highest BCUT2D eigenvalue weighted by Gasteiger charge is 2.47. The van der Waals surface area contributed by atoms with Crippen LogP contribution in [-0.2, 0) is 9.59 Å². The maximum atomic E-state index is 13.5. The van der Waals surface area contributed by atoms with Gasteiger partial charge in [0.1, 0.15) is 17.3 Å². The van der Waals surface area contributed by atoms with Gasteiger partial charge in [-0.15, -0.1) is 0 Å². The summed E-state index contributed by atoms with van der Waals surface area (Å²) in [4.78, 5) is 31.6. The molecule has 36 heavy (non-hydrogen) atoms. The highest BCUT2D eigenvalue weighted by Crippen LogP contribution is 2.44. The number of nitrogens with zero attached hydrogens (tertiary/aromatic N) is 1. The average Bonchev–Trinajstić information content (AvgIpc) is 3.43. The summed E-state index contributed by atoms with van der Waals surface area (Å²) < 4.78 is 10.8. The summed E-state index contributed by atoms with van der Waals surface area (Å²) >= 11 is 0. The summed E-state index contributed by atoms with van der Waals surface area (Å²) in [5.41, 5.74) is 3.33. The second kappa shape index (κ2) is 9.26. The van der Waals surface area contributed by atoms with Crippen LogP contribution in [0.15, 0.2) is 78.5 Å². The van der Waals surface area contributed by atoms with Crippen molar-refractivity contribution < 1.29 is 24.2 Å². The number of methoxy groups -OCH3 is 1. The minimum atomic E-state index is -0.833. The fourth-order valence-corrected chi connectivity index (χ4v) is 4.76. The number of carbonyl (C=O) groups is 2. The standard InChI is InChI=1S/C29H26N2O5/c1-4-36-19-11-9-18(10-12-19)31-26(23-16-30-24-8-6-5-7-22(23)24)25(28(33)29(31)34)27(32)21-14-13-20(35-3)15-17(21)2/h5-16,26,30,32H,4H2,1-3H3/b27-25+. The van der Waals surface area contributed by atoms with Crippen molar-refractivity contribution in [2.75, 3.05) is 18.6 Å². The summed E-state index contributed by atoms with van der Waals surface area (Å²) in [7, 11) is 1.56. The number of aliphatic hydroxyl groups is 1. The first-order valence-corrected chi connectivity index (χ1v) is 11.7. The molecule has 2 heterocycles. The van der Waals surface area contributed by atoms with Crippen molar-refractivity contribution >= 4 is 34.0 Å². The summed E-state index contributed by atoms with van der Waals surface area (Å²) in [6.45, 7) is 4.23. The number of aliphatic hydroxyl groups excluding tert-OH is 1. The number of amides is 1. The van der Waals surface area contributed by atoms with Crippen LogP contribution >= 0.6 is 0 Å². The molecule has 1 fully saturated rings. The Labute approximate surface area is 208 Å². The molecule has 5 rings (SSSR count). The Balaban J connectivity index is 1.73. The van der Waals surface area contributed by atoms with Crippen molar-refractivity contribution in [3.05, 3.63) is 95.2 Å². The molecule has 0 radical (unpaired) electrons. The maximum Gasteiger partial charge on any atom is 0.300 e. The van der Waals surface area contributed by atoms with E-state index in [0.29, 0.717) is 34.9 Å². The summed E-state index contributed by atoms with van der Waals surface area (Å²) in [5.74, 6) is -0.381. The van der Waals surface area contributed by atoms with Gasteiger partial charge in [-0.25, -0.2) is 0 Å². The molecular weight excluding hydrogens is 456 g/mol. The van der Waals surface area contributed by atoms with E-state index in [9.17, 15) is 14.7 Å². The molecule has 1 aromatic heterocycles. The first kappa shape index (κ1) is 23.2. The van der Waals surface area contributed by atoms with E-state index in [2.05, 4.69) is 4.98 Å². The molecular formula is C29H26N2O5. The van der Waals surface area contributed by atoms with Gasteiger partial charge in [0.05, 0.1) is 25.3 Å². The lowest BCUT2D eigenvalue weighted by Gasteiger charge is -2.25. The molecule has 1 amide bonds. The largest absolute Gasteiger partial charge is 0.507 e. The minimum Gasteiger partial charge on any atom is -0.507 e. The SMILES string of the molecule is CCOc1ccc(N2C(=O)C(=O)/C(=C(/O)c3ccc(OC)cc3C)C2c2c[nH]c3ccccc23)cc1. The number of ketones is 1. The van der Waals surface area contributed by atoms with Crippen LogP contribution in [0.5, 0.6) is 11.5 Å². The molecule has 0 saturated carbocycles. The number of Topliss-reactive ketones (excluding diaryl/α,β-unsaturated/α-hetero) is 1. The molecule has 3 aromatic carbocycles. The molecule has 182 valence electrons. The van der Waals surface area contributed by atoms with Crippen molar-refractivity contribution in [2.24, 2.45) is 0 Å². The predicted molar refractivity (Wildman–Crippen MR) is 138 cm³/mol. The normalized spacial score (nSPS) is 17.1. The number of ether oxygens (including phenoxy) is 2. The van der Waals surface area contributed by atoms with Gasteiger partial charge in [0.2, 0.25) is 0 Å². The number of carbonyl (C=O) groups excluding carboxylic acids is 2. The molecule has 4 aromatic rings. The lowest BCUT2D eigenvalue weighted by Crippen LogP contribution is -2.29. The van der Waals surface area contributed by atoms with E-state index in [1.54, 1.807) is 55.8 Å². The van der Waals surface area contributed by atoms with Gasteiger partial charge >= 0.3 is 0 Å². The zero-order valence-electron chi connectivity index (χ0n) is 20.2. The van der Waals surface area contributed by atoms with Crippen molar-refractivity contribution in [3.8, 4) is 11.5 Å². The number of hydrogen-bond acceptors (Lipinski definition) is 5. The number of para-hydroxylation sites is 1. The molecule has 1 aliphatic rings. The molecule has 7 heteroatoms. The van der Waals surface area contributed by atoms with Crippen molar-refractivity contribution in [3.63, 3.8) is 0 Å². The Kier molecular flexibility index (Phi) is 5.98. The molecule has 1 saturated heterocycles. The zero-order chi connectivity index (χ0) is 25.4. The number of hydrogen-bond donors (Lipinski definition) is 2. The number of benzene rings is 3. The quantitative estimate of drug-likeness (QED) is 0.215. The number of aromatic amines is 1. The van der Waals surface area contributed by atoms with Crippen LogP contribution < -0.4 is 14.4 Å². The lowest BCUT2D eigenvalue weighted by molar-refractivity contribution is -0.132. The molecule has 2 N–H and O–H groups in total. The van der Waals surface area contributed by atoms with E-state index in [1.807, 2.05) is 38.1 Å². The predicted octanol–water partition coefficient (Wildman–Crippen LogP) is 5.51. The number of rotatable bonds is 6. The van der Waals surface area contributed by atoms with E-state index in [1.165, 1.54) is 4.90 Å². The van der Waals surface area contributed by atoms with Crippen molar-refractivity contribution in [1.29, 1.82) is 0 Å². The minimum absolute atomic E-state index is 0.0342. The highest BCUT2D eigenvalue weighted by molar-refractivity contribution is 6.52. The fraction of sp³-hybridized carbons (Fsp3) is 0.172. The Bertz CT molecular complexity index is 1500. The van der Waals surface area contributed by atoms with E-state index in [0.717, 1.165) is 16.5 Å². The third kappa shape index (κ3) is 3.79. The summed E-state index contributed by atoms with van der Waals surface area (Å²) in [6, 6.07) is 19.0. The first-order chi connectivity index (χ1) is 17.4. The van der Waals surface area contributed by atoms with Crippen LogP contribution in [0, 0.1) is 6.92 Å². The van der Waals surface area contributed by atoms with Gasteiger partial charge in [0.25, 0.3) is 11.7 Å². The second-order valence-electron chi connectivity index (χ2n) is 8.57. The molecule has 0 spiro atoms. The van der Waals surface area contributed by atoms with Crippen LogP contribution in [0.25, 0.3) is 16.7 Å². The zero-order valence-corrected chi connectivity index (χ0v) is 20.2. The van der Waals surface area contributed by atoms with E-state index >= 15 is 0 Å². The Morgan fingerprint density at radius 3 is 2.44 bits per heavy atom. The third-order valence-corrected chi connectivity index (χ3v) is 6.47. The molecule has 1 aliphatic heterocycles. The Morgan fingerprint density at radius 2 is 1.75 bits per heavy atom. The van der Waals surface area contributed by atoms with Crippen LogP contribution in [0.4, 0.5) is 5.69 Å². The number of H-pyrrole nitrogens is 1.